The summed E-state index contributed by atoms with van der Waals surface area (Å²) in [5.41, 5.74) is 7.40. The summed E-state index contributed by atoms with van der Waals surface area (Å²) in [6.07, 6.45) is 3.41. The van der Waals surface area contributed by atoms with Gasteiger partial charge in [-0.3, -0.25) is 0 Å². The number of rotatable bonds is 4. The lowest BCUT2D eigenvalue weighted by molar-refractivity contribution is 0.477. The van der Waals surface area contributed by atoms with E-state index in [-0.39, 0.29) is 5.82 Å². The van der Waals surface area contributed by atoms with Crippen molar-refractivity contribution in [1.29, 1.82) is 0 Å². The predicted molar refractivity (Wildman–Crippen MR) is 87.3 cm³/mol. The maximum Gasteiger partial charge on any atom is 0.221 e. The molecule has 0 saturated carbocycles. The van der Waals surface area contributed by atoms with E-state index < -0.39 is 0 Å². The molecule has 0 bridgehead atoms. The van der Waals surface area contributed by atoms with Crippen LogP contribution in [0.3, 0.4) is 0 Å². The van der Waals surface area contributed by atoms with E-state index in [1.165, 1.54) is 16.8 Å². The van der Waals surface area contributed by atoms with E-state index in [2.05, 4.69) is 10.1 Å². The van der Waals surface area contributed by atoms with E-state index in [1.807, 2.05) is 19.1 Å². The normalized spacial score (nSPS) is 11.0. The Morgan fingerprint density at radius 1 is 1.17 bits per heavy atom. The first-order valence-corrected chi connectivity index (χ1v) is 6.99. The zero-order valence-corrected chi connectivity index (χ0v) is 12.5. The van der Waals surface area contributed by atoms with Crippen LogP contribution in [0, 0.1) is 12.7 Å². The van der Waals surface area contributed by atoms with Crippen LogP contribution in [0.25, 0.3) is 0 Å². The van der Waals surface area contributed by atoms with Crippen LogP contribution in [0.15, 0.2) is 59.8 Å². The summed E-state index contributed by atoms with van der Waals surface area (Å²) >= 11 is 0. The van der Waals surface area contributed by atoms with Gasteiger partial charge in [-0.2, -0.15) is 5.10 Å². The highest BCUT2D eigenvalue weighted by Crippen LogP contribution is 2.21. The van der Waals surface area contributed by atoms with Crippen molar-refractivity contribution >= 4 is 12.2 Å². The average Bonchev–Trinajstić information content (AvgIpc) is 2.84. The number of ether oxygens (including phenoxy) is 1. The fraction of sp³-hybridized carbons (Fsp3) is 0.0588. The standard InChI is InChI=1S/C17H15FN4O/c1-12-11-22(17(19)21-12)20-10-13-5-7-15(8-6-13)23-16-4-2-3-14(18)9-16/h2-11H,1H3,(H2,19,21). The molecule has 0 saturated heterocycles. The summed E-state index contributed by atoms with van der Waals surface area (Å²) < 4.78 is 20.2. The third-order valence-electron chi connectivity index (χ3n) is 3.08. The molecule has 3 rings (SSSR count). The molecule has 2 aromatic carbocycles. The Kier molecular flexibility index (Phi) is 4.05. The minimum atomic E-state index is -0.334. The van der Waals surface area contributed by atoms with Crippen molar-refractivity contribution in [2.75, 3.05) is 5.73 Å². The van der Waals surface area contributed by atoms with Crippen molar-refractivity contribution < 1.29 is 9.13 Å². The van der Waals surface area contributed by atoms with Crippen LogP contribution >= 0.6 is 0 Å². The molecule has 0 aliphatic carbocycles. The first-order chi connectivity index (χ1) is 11.1. The Morgan fingerprint density at radius 3 is 2.61 bits per heavy atom. The van der Waals surface area contributed by atoms with E-state index in [0.717, 1.165) is 11.3 Å². The lowest BCUT2D eigenvalue weighted by Crippen LogP contribution is -1.96. The zero-order chi connectivity index (χ0) is 16.2. The number of aryl methyl sites for hydroxylation is 1. The number of nitrogens with two attached hydrogens (primary N) is 1. The van der Waals surface area contributed by atoms with Gasteiger partial charge in [-0.25, -0.2) is 14.1 Å². The molecule has 1 aromatic heterocycles. The van der Waals surface area contributed by atoms with E-state index in [0.29, 0.717) is 17.4 Å². The number of hydrogen-bond acceptors (Lipinski definition) is 4. The molecule has 0 radical (unpaired) electrons. The molecule has 6 heteroatoms. The highest BCUT2D eigenvalue weighted by molar-refractivity contribution is 5.79. The van der Waals surface area contributed by atoms with E-state index in [9.17, 15) is 4.39 Å². The molecule has 0 aliphatic heterocycles. The van der Waals surface area contributed by atoms with Crippen molar-refractivity contribution in [3.8, 4) is 11.5 Å². The molecule has 116 valence electrons. The Hall–Kier alpha value is -3.15. The van der Waals surface area contributed by atoms with Crippen LogP contribution in [-0.4, -0.2) is 15.9 Å². The number of halogens is 1. The molecule has 0 fully saturated rings. The number of imidazole rings is 1. The zero-order valence-electron chi connectivity index (χ0n) is 12.5. The molecule has 0 amide bonds. The van der Waals surface area contributed by atoms with Crippen LogP contribution < -0.4 is 10.5 Å². The molecular formula is C17H15FN4O. The van der Waals surface area contributed by atoms with Gasteiger partial charge in [0.05, 0.1) is 18.1 Å². The lowest BCUT2D eigenvalue weighted by atomic mass is 10.2. The molecule has 23 heavy (non-hydrogen) atoms. The molecule has 0 atom stereocenters. The molecule has 0 unspecified atom stereocenters. The van der Waals surface area contributed by atoms with Gasteiger partial charge in [0.15, 0.2) is 0 Å². The third-order valence-corrected chi connectivity index (χ3v) is 3.08. The van der Waals surface area contributed by atoms with Gasteiger partial charge in [-0.1, -0.05) is 6.07 Å². The molecule has 0 spiro atoms. The number of anilines is 1. The molecule has 2 N–H and O–H groups in total. The number of aromatic nitrogens is 2. The fourth-order valence-electron chi connectivity index (χ4n) is 2.01. The summed E-state index contributed by atoms with van der Waals surface area (Å²) in [7, 11) is 0. The van der Waals surface area contributed by atoms with Crippen molar-refractivity contribution in [3.05, 3.63) is 71.8 Å². The number of nitrogens with zero attached hydrogens (tertiary/aromatic N) is 3. The van der Waals surface area contributed by atoms with E-state index >= 15 is 0 Å². The monoisotopic (exact) mass is 310 g/mol. The minimum Gasteiger partial charge on any atom is -0.457 e. The van der Waals surface area contributed by atoms with Gasteiger partial charge in [-0.05, 0) is 48.9 Å². The number of hydrogen-bond donors (Lipinski definition) is 1. The van der Waals surface area contributed by atoms with Gasteiger partial charge >= 0.3 is 0 Å². The second kappa shape index (κ2) is 6.31. The van der Waals surface area contributed by atoms with Gasteiger partial charge < -0.3 is 10.5 Å². The van der Waals surface area contributed by atoms with Crippen molar-refractivity contribution in [3.63, 3.8) is 0 Å². The summed E-state index contributed by atoms with van der Waals surface area (Å²) in [6.45, 7) is 1.85. The van der Waals surface area contributed by atoms with Gasteiger partial charge in [0.25, 0.3) is 0 Å². The first kappa shape index (κ1) is 14.8. The van der Waals surface area contributed by atoms with Crippen LogP contribution in [-0.2, 0) is 0 Å². The van der Waals surface area contributed by atoms with Gasteiger partial charge in [0, 0.05) is 6.07 Å². The van der Waals surface area contributed by atoms with Crippen LogP contribution in [0.4, 0.5) is 10.3 Å². The number of nitrogen functional groups attached to an aromatic ring is 1. The largest absolute Gasteiger partial charge is 0.457 e. The maximum absolute atomic E-state index is 13.1. The van der Waals surface area contributed by atoms with Gasteiger partial charge in [0.1, 0.15) is 17.3 Å². The molecule has 5 nitrogen and oxygen atoms in total. The second-order valence-electron chi connectivity index (χ2n) is 4.96. The Balaban J connectivity index is 1.71. The predicted octanol–water partition coefficient (Wildman–Crippen LogP) is 3.59. The van der Waals surface area contributed by atoms with Crippen LogP contribution in [0.2, 0.25) is 0 Å². The SMILES string of the molecule is Cc1cn(N=Cc2ccc(Oc3cccc(F)c3)cc2)c(N)n1. The summed E-state index contributed by atoms with van der Waals surface area (Å²) in [5.74, 6) is 1.07. The van der Waals surface area contributed by atoms with Crippen molar-refractivity contribution in [1.82, 2.24) is 9.66 Å². The average molecular weight is 310 g/mol. The summed E-state index contributed by atoms with van der Waals surface area (Å²) in [4.78, 5) is 4.07. The topological polar surface area (TPSA) is 65.4 Å². The van der Waals surface area contributed by atoms with Crippen LogP contribution in [0.5, 0.6) is 11.5 Å². The minimum absolute atomic E-state index is 0.334. The molecule has 3 aromatic rings. The first-order valence-electron chi connectivity index (χ1n) is 6.99. The summed E-state index contributed by atoms with van der Waals surface area (Å²) in [6, 6.07) is 13.3. The van der Waals surface area contributed by atoms with Gasteiger partial charge in [0.2, 0.25) is 5.95 Å². The quantitative estimate of drug-likeness (QED) is 0.749. The third kappa shape index (κ3) is 3.74. The molecular weight excluding hydrogens is 295 g/mol. The Bertz CT molecular complexity index is 840. The molecule has 1 heterocycles. The Morgan fingerprint density at radius 2 is 1.96 bits per heavy atom. The maximum atomic E-state index is 13.1. The lowest BCUT2D eigenvalue weighted by Gasteiger charge is -2.05. The van der Waals surface area contributed by atoms with Crippen molar-refractivity contribution in [2.45, 2.75) is 6.92 Å². The van der Waals surface area contributed by atoms with Gasteiger partial charge in [-0.15, -0.1) is 0 Å². The highest BCUT2D eigenvalue weighted by atomic mass is 19.1. The smallest absolute Gasteiger partial charge is 0.221 e. The van der Waals surface area contributed by atoms with E-state index in [1.54, 1.807) is 36.7 Å². The summed E-state index contributed by atoms with van der Waals surface area (Å²) in [5, 5.41) is 4.24. The second-order valence-corrected chi connectivity index (χ2v) is 4.96. The van der Waals surface area contributed by atoms with Crippen molar-refractivity contribution in [2.24, 2.45) is 5.10 Å². The fourth-order valence-corrected chi connectivity index (χ4v) is 2.01. The van der Waals surface area contributed by atoms with E-state index in [4.69, 9.17) is 10.5 Å². The number of benzene rings is 2. The Labute approximate surface area is 132 Å². The van der Waals surface area contributed by atoms with Crippen LogP contribution in [0.1, 0.15) is 11.3 Å². The highest BCUT2D eigenvalue weighted by Gasteiger charge is 2.00. The molecule has 0 aliphatic rings.